The molecule has 1 heterocycles. The highest BCUT2D eigenvalue weighted by Gasteiger charge is 2.22. The molecule has 0 bridgehead atoms. The molecule has 1 fully saturated rings. The van der Waals surface area contributed by atoms with Gasteiger partial charge in [0.15, 0.2) is 0 Å². The van der Waals surface area contributed by atoms with E-state index in [9.17, 15) is 9.50 Å². The zero-order valence-electron chi connectivity index (χ0n) is 10.2. The molecule has 1 aliphatic heterocycles. The SMILES string of the molecule is OCC[C@@H](c1cc(F)cc(Cl)c1)N1CCNCC1. The van der Waals surface area contributed by atoms with Gasteiger partial charge in [-0.2, -0.15) is 0 Å². The van der Waals surface area contributed by atoms with Crippen LogP contribution in [0.1, 0.15) is 18.0 Å². The summed E-state index contributed by atoms with van der Waals surface area (Å²) in [5.74, 6) is -0.324. The van der Waals surface area contributed by atoms with E-state index in [2.05, 4.69) is 10.2 Å². The lowest BCUT2D eigenvalue weighted by atomic mass is 10.0. The quantitative estimate of drug-likeness (QED) is 0.878. The van der Waals surface area contributed by atoms with E-state index in [-0.39, 0.29) is 18.5 Å². The van der Waals surface area contributed by atoms with E-state index >= 15 is 0 Å². The summed E-state index contributed by atoms with van der Waals surface area (Å²) in [7, 11) is 0. The molecule has 0 unspecified atom stereocenters. The minimum Gasteiger partial charge on any atom is -0.396 e. The van der Waals surface area contributed by atoms with Crippen LogP contribution in [0, 0.1) is 5.82 Å². The molecule has 1 atom stereocenters. The maximum Gasteiger partial charge on any atom is 0.125 e. The van der Waals surface area contributed by atoms with E-state index < -0.39 is 0 Å². The molecule has 100 valence electrons. The first-order valence-corrected chi connectivity index (χ1v) is 6.60. The number of halogens is 2. The van der Waals surface area contributed by atoms with E-state index in [1.165, 1.54) is 12.1 Å². The Kier molecular flexibility index (Phi) is 4.95. The van der Waals surface area contributed by atoms with Crippen molar-refractivity contribution in [1.82, 2.24) is 10.2 Å². The number of nitrogens with zero attached hydrogens (tertiary/aromatic N) is 1. The minimum atomic E-state index is -0.324. The normalized spacial score (nSPS) is 18.8. The van der Waals surface area contributed by atoms with Crippen molar-refractivity contribution in [3.05, 3.63) is 34.6 Å². The molecule has 5 heteroatoms. The number of rotatable bonds is 4. The fourth-order valence-electron chi connectivity index (χ4n) is 2.44. The van der Waals surface area contributed by atoms with Crippen molar-refractivity contribution in [2.45, 2.75) is 12.5 Å². The number of hydrogen-bond donors (Lipinski definition) is 2. The third-order valence-electron chi connectivity index (χ3n) is 3.26. The van der Waals surface area contributed by atoms with Gasteiger partial charge in [0.1, 0.15) is 5.82 Å². The first kappa shape index (κ1) is 13.7. The summed E-state index contributed by atoms with van der Waals surface area (Å²) in [5, 5.41) is 12.9. The summed E-state index contributed by atoms with van der Waals surface area (Å²) in [6.45, 7) is 3.73. The number of aliphatic hydroxyl groups excluding tert-OH is 1. The zero-order chi connectivity index (χ0) is 13.0. The molecule has 1 saturated heterocycles. The molecular weight excluding hydrogens is 255 g/mol. The van der Waals surface area contributed by atoms with E-state index in [0.29, 0.717) is 11.4 Å². The molecule has 1 aliphatic rings. The first-order chi connectivity index (χ1) is 8.70. The number of nitrogens with one attached hydrogen (secondary N) is 1. The molecule has 0 amide bonds. The van der Waals surface area contributed by atoms with E-state index in [0.717, 1.165) is 31.7 Å². The highest BCUT2D eigenvalue weighted by molar-refractivity contribution is 6.30. The summed E-state index contributed by atoms with van der Waals surface area (Å²) < 4.78 is 13.4. The minimum absolute atomic E-state index is 0.0327. The van der Waals surface area contributed by atoms with Crippen molar-refractivity contribution in [3.63, 3.8) is 0 Å². The Morgan fingerprint density at radius 1 is 1.33 bits per heavy atom. The third-order valence-corrected chi connectivity index (χ3v) is 3.48. The zero-order valence-corrected chi connectivity index (χ0v) is 11.0. The van der Waals surface area contributed by atoms with Crippen molar-refractivity contribution in [2.75, 3.05) is 32.8 Å². The number of piperazine rings is 1. The predicted octanol–water partition coefficient (Wildman–Crippen LogP) is 1.81. The lowest BCUT2D eigenvalue weighted by molar-refractivity contribution is 0.141. The van der Waals surface area contributed by atoms with Crippen molar-refractivity contribution < 1.29 is 9.50 Å². The molecule has 18 heavy (non-hydrogen) atoms. The van der Waals surface area contributed by atoms with Crippen LogP contribution in [0.25, 0.3) is 0 Å². The Bertz CT molecular complexity index is 376. The molecule has 2 N–H and O–H groups in total. The van der Waals surface area contributed by atoms with Gasteiger partial charge >= 0.3 is 0 Å². The van der Waals surface area contributed by atoms with Crippen molar-refractivity contribution >= 4 is 11.6 Å². The Labute approximate surface area is 112 Å². The highest BCUT2D eigenvalue weighted by atomic mass is 35.5. The van der Waals surface area contributed by atoms with E-state index in [1.54, 1.807) is 6.07 Å². The van der Waals surface area contributed by atoms with Crippen LogP contribution in [-0.4, -0.2) is 42.8 Å². The molecule has 0 aromatic heterocycles. The Hall–Kier alpha value is -0.680. The van der Waals surface area contributed by atoms with Gasteiger partial charge in [0.05, 0.1) is 0 Å². The largest absolute Gasteiger partial charge is 0.396 e. The molecule has 0 radical (unpaired) electrons. The highest BCUT2D eigenvalue weighted by Crippen LogP contribution is 2.27. The van der Waals surface area contributed by atoms with Gasteiger partial charge in [-0.15, -0.1) is 0 Å². The average molecular weight is 273 g/mol. The summed E-state index contributed by atoms with van der Waals surface area (Å²) >= 11 is 5.90. The third kappa shape index (κ3) is 3.42. The van der Waals surface area contributed by atoms with Crippen LogP contribution in [0.2, 0.25) is 5.02 Å². The van der Waals surface area contributed by atoms with Crippen LogP contribution in [-0.2, 0) is 0 Å². The molecule has 1 aromatic rings. The second-order valence-corrected chi connectivity index (χ2v) is 4.95. The summed E-state index contributed by atoms with van der Waals surface area (Å²) in [6.07, 6.45) is 0.597. The van der Waals surface area contributed by atoms with Gasteiger partial charge in [0.2, 0.25) is 0 Å². The van der Waals surface area contributed by atoms with Crippen molar-refractivity contribution in [3.8, 4) is 0 Å². The monoisotopic (exact) mass is 272 g/mol. The second-order valence-electron chi connectivity index (χ2n) is 4.52. The van der Waals surface area contributed by atoms with Crippen molar-refractivity contribution in [2.24, 2.45) is 0 Å². The number of hydrogen-bond acceptors (Lipinski definition) is 3. The van der Waals surface area contributed by atoms with Crippen LogP contribution >= 0.6 is 11.6 Å². The van der Waals surface area contributed by atoms with Gasteiger partial charge in [-0.25, -0.2) is 4.39 Å². The summed E-state index contributed by atoms with van der Waals surface area (Å²) in [6, 6.07) is 4.63. The Balaban J connectivity index is 2.22. The van der Waals surface area contributed by atoms with Crippen LogP contribution in [0.15, 0.2) is 18.2 Å². The summed E-state index contributed by atoms with van der Waals surface area (Å²) in [4.78, 5) is 2.26. The van der Waals surface area contributed by atoms with Gasteiger partial charge in [-0.1, -0.05) is 11.6 Å². The van der Waals surface area contributed by atoms with Crippen molar-refractivity contribution in [1.29, 1.82) is 0 Å². The first-order valence-electron chi connectivity index (χ1n) is 6.22. The maximum atomic E-state index is 13.4. The standard InChI is InChI=1S/C13H18ClFN2O/c14-11-7-10(8-12(15)9-11)13(1-6-18)17-4-2-16-3-5-17/h7-9,13,16,18H,1-6H2/t13-/m0/s1. The lowest BCUT2D eigenvalue weighted by Crippen LogP contribution is -2.45. The van der Waals surface area contributed by atoms with Gasteiger partial charge in [0.25, 0.3) is 0 Å². The smallest absolute Gasteiger partial charge is 0.125 e. The molecule has 0 spiro atoms. The van der Waals surface area contributed by atoms with Crippen LogP contribution in [0.4, 0.5) is 4.39 Å². The number of benzene rings is 1. The molecule has 0 aliphatic carbocycles. The molecular formula is C13H18ClFN2O. The fourth-order valence-corrected chi connectivity index (χ4v) is 2.67. The van der Waals surface area contributed by atoms with Crippen LogP contribution < -0.4 is 5.32 Å². The lowest BCUT2D eigenvalue weighted by Gasteiger charge is -2.35. The van der Waals surface area contributed by atoms with Crippen LogP contribution in [0.5, 0.6) is 0 Å². The van der Waals surface area contributed by atoms with E-state index in [4.69, 9.17) is 11.6 Å². The average Bonchev–Trinajstić information content (AvgIpc) is 2.36. The van der Waals surface area contributed by atoms with Gasteiger partial charge in [0, 0.05) is 43.9 Å². The Morgan fingerprint density at radius 2 is 2.06 bits per heavy atom. The van der Waals surface area contributed by atoms with Crippen LogP contribution in [0.3, 0.4) is 0 Å². The number of aliphatic hydroxyl groups is 1. The fraction of sp³-hybridized carbons (Fsp3) is 0.538. The van der Waals surface area contributed by atoms with Gasteiger partial charge in [-0.3, -0.25) is 4.90 Å². The maximum absolute atomic E-state index is 13.4. The van der Waals surface area contributed by atoms with Gasteiger partial charge in [-0.05, 0) is 30.2 Å². The van der Waals surface area contributed by atoms with E-state index in [1.807, 2.05) is 0 Å². The molecule has 2 rings (SSSR count). The molecule has 1 aromatic carbocycles. The Morgan fingerprint density at radius 3 is 2.67 bits per heavy atom. The molecule has 0 saturated carbocycles. The molecule has 3 nitrogen and oxygen atoms in total. The topological polar surface area (TPSA) is 35.5 Å². The van der Waals surface area contributed by atoms with Gasteiger partial charge < -0.3 is 10.4 Å². The predicted molar refractivity (Wildman–Crippen MR) is 70.3 cm³/mol. The second kappa shape index (κ2) is 6.48. The summed E-state index contributed by atoms with van der Waals surface area (Å²) in [5.41, 5.74) is 0.843.